The Morgan fingerprint density at radius 1 is 1.31 bits per heavy atom. The van der Waals surface area contributed by atoms with Crippen molar-refractivity contribution in [3.63, 3.8) is 0 Å². The zero-order chi connectivity index (χ0) is 11.2. The molecule has 86 valence electrons. The molecule has 1 heterocycles. The van der Waals surface area contributed by atoms with Crippen molar-refractivity contribution < 1.29 is 9.84 Å². The van der Waals surface area contributed by atoms with E-state index in [1.165, 1.54) is 0 Å². The van der Waals surface area contributed by atoms with Crippen LogP contribution < -0.4 is 5.32 Å². The monoisotopic (exact) mass is 219 g/mol. The lowest BCUT2D eigenvalue weighted by Gasteiger charge is -2.27. The van der Waals surface area contributed by atoms with Gasteiger partial charge in [0.2, 0.25) is 0 Å². The molecule has 0 radical (unpaired) electrons. The summed E-state index contributed by atoms with van der Waals surface area (Å²) < 4.78 is 5.76. The summed E-state index contributed by atoms with van der Waals surface area (Å²) in [5.41, 5.74) is 1.15. The number of hydrogen-bond donors (Lipinski definition) is 2. The van der Waals surface area contributed by atoms with Crippen LogP contribution in [0, 0.1) is 0 Å². The second kappa shape index (κ2) is 5.80. The Morgan fingerprint density at radius 3 is 2.88 bits per heavy atom. The molecule has 1 aromatic carbocycles. The summed E-state index contributed by atoms with van der Waals surface area (Å²) in [6, 6.07) is 10.1. The van der Waals surface area contributed by atoms with Crippen LogP contribution in [-0.4, -0.2) is 30.4 Å². The van der Waals surface area contributed by atoms with E-state index in [1.807, 2.05) is 42.5 Å². The molecule has 3 nitrogen and oxygen atoms in total. The van der Waals surface area contributed by atoms with E-state index >= 15 is 0 Å². The highest BCUT2D eigenvalue weighted by molar-refractivity contribution is 5.14. The highest BCUT2D eigenvalue weighted by Gasteiger charge is 2.20. The molecule has 0 saturated carbocycles. The van der Waals surface area contributed by atoms with E-state index in [0.717, 1.165) is 12.1 Å². The summed E-state index contributed by atoms with van der Waals surface area (Å²) in [7, 11) is 0. The van der Waals surface area contributed by atoms with Gasteiger partial charge in [-0.05, 0) is 5.56 Å². The van der Waals surface area contributed by atoms with Crippen molar-refractivity contribution in [2.24, 2.45) is 0 Å². The molecular formula is C13H17NO2. The van der Waals surface area contributed by atoms with E-state index in [1.54, 1.807) is 0 Å². The molecule has 0 amide bonds. The van der Waals surface area contributed by atoms with Gasteiger partial charge in [-0.1, -0.05) is 42.5 Å². The largest absolute Gasteiger partial charge is 0.395 e. The average Bonchev–Trinajstić information content (AvgIpc) is 2.38. The van der Waals surface area contributed by atoms with E-state index in [0.29, 0.717) is 6.61 Å². The van der Waals surface area contributed by atoms with Gasteiger partial charge in [-0.3, -0.25) is 0 Å². The maximum Gasteiger partial charge on any atom is 0.0936 e. The van der Waals surface area contributed by atoms with Gasteiger partial charge in [0.1, 0.15) is 0 Å². The van der Waals surface area contributed by atoms with E-state index < -0.39 is 0 Å². The molecule has 0 fully saturated rings. The van der Waals surface area contributed by atoms with Crippen molar-refractivity contribution in [1.82, 2.24) is 5.32 Å². The number of nitrogens with one attached hydrogen (secondary N) is 1. The Morgan fingerprint density at radius 2 is 2.12 bits per heavy atom. The molecular weight excluding hydrogens is 202 g/mol. The topological polar surface area (TPSA) is 41.5 Å². The summed E-state index contributed by atoms with van der Waals surface area (Å²) in [6.45, 7) is 1.48. The second-order valence-electron chi connectivity index (χ2n) is 3.89. The molecule has 1 aliphatic heterocycles. The van der Waals surface area contributed by atoms with Gasteiger partial charge in [0, 0.05) is 6.54 Å². The lowest BCUT2D eigenvalue weighted by Crippen LogP contribution is -2.45. The fraction of sp³-hybridized carbons (Fsp3) is 0.385. The molecule has 2 N–H and O–H groups in total. The van der Waals surface area contributed by atoms with Gasteiger partial charge in [0.25, 0.3) is 0 Å². The summed E-state index contributed by atoms with van der Waals surface area (Å²) in [4.78, 5) is 0. The van der Waals surface area contributed by atoms with Crippen molar-refractivity contribution in [2.75, 3.05) is 13.2 Å². The summed E-state index contributed by atoms with van der Waals surface area (Å²) >= 11 is 0. The first-order valence-electron chi connectivity index (χ1n) is 5.56. The molecule has 0 aliphatic carbocycles. The van der Waals surface area contributed by atoms with E-state index in [9.17, 15) is 5.11 Å². The number of hydrogen-bond acceptors (Lipinski definition) is 3. The molecule has 0 spiro atoms. The van der Waals surface area contributed by atoms with Crippen LogP contribution in [0.5, 0.6) is 0 Å². The quantitative estimate of drug-likeness (QED) is 0.745. The number of rotatable bonds is 4. The number of aliphatic hydroxyl groups is 1. The predicted molar refractivity (Wildman–Crippen MR) is 63.0 cm³/mol. The number of ether oxygens (including phenoxy) is 1. The van der Waals surface area contributed by atoms with Crippen molar-refractivity contribution in [1.29, 1.82) is 0 Å². The maximum absolute atomic E-state index is 9.18. The van der Waals surface area contributed by atoms with Crippen LogP contribution in [0.1, 0.15) is 5.56 Å². The van der Waals surface area contributed by atoms with Gasteiger partial charge < -0.3 is 15.2 Å². The van der Waals surface area contributed by atoms with Crippen molar-refractivity contribution in [3.05, 3.63) is 48.0 Å². The van der Waals surface area contributed by atoms with Crippen LogP contribution in [0.15, 0.2) is 42.5 Å². The van der Waals surface area contributed by atoms with Gasteiger partial charge >= 0.3 is 0 Å². The smallest absolute Gasteiger partial charge is 0.0936 e. The van der Waals surface area contributed by atoms with Gasteiger partial charge in [0.05, 0.1) is 25.4 Å². The fourth-order valence-corrected chi connectivity index (χ4v) is 1.78. The fourth-order valence-electron chi connectivity index (χ4n) is 1.78. The van der Waals surface area contributed by atoms with Gasteiger partial charge in [-0.15, -0.1) is 0 Å². The first-order valence-corrected chi connectivity index (χ1v) is 5.56. The third-order valence-electron chi connectivity index (χ3n) is 2.70. The summed E-state index contributed by atoms with van der Waals surface area (Å²) in [5.74, 6) is 0. The minimum atomic E-state index is -0.0426. The van der Waals surface area contributed by atoms with Crippen molar-refractivity contribution in [3.8, 4) is 0 Å². The molecule has 2 rings (SSSR count). The third-order valence-corrected chi connectivity index (χ3v) is 2.70. The first-order chi connectivity index (χ1) is 7.90. The van der Waals surface area contributed by atoms with Crippen LogP contribution in [-0.2, 0) is 11.3 Å². The SMILES string of the molecule is OCC1NCC=CC1OCc1ccccc1. The zero-order valence-corrected chi connectivity index (χ0v) is 9.17. The Hall–Kier alpha value is -1.16. The van der Waals surface area contributed by atoms with Crippen LogP contribution in [0.4, 0.5) is 0 Å². The standard InChI is InChI=1S/C13H17NO2/c15-9-12-13(7-4-8-14-12)16-10-11-5-2-1-3-6-11/h1-7,12-15H,8-10H2. The molecule has 2 unspecified atom stereocenters. The predicted octanol–water partition coefficient (Wildman–Crippen LogP) is 1.09. The van der Waals surface area contributed by atoms with Crippen molar-refractivity contribution >= 4 is 0 Å². The molecule has 3 heteroatoms. The highest BCUT2D eigenvalue weighted by Crippen LogP contribution is 2.09. The average molecular weight is 219 g/mol. The van der Waals surface area contributed by atoms with E-state index in [2.05, 4.69) is 5.32 Å². The Balaban J connectivity index is 1.89. The molecule has 1 aromatic rings. The summed E-state index contributed by atoms with van der Waals surface area (Å²) in [6.07, 6.45) is 4.00. The Labute approximate surface area is 95.7 Å². The van der Waals surface area contributed by atoms with E-state index in [4.69, 9.17) is 4.74 Å². The molecule has 0 bridgehead atoms. The maximum atomic E-state index is 9.18. The second-order valence-corrected chi connectivity index (χ2v) is 3.89. The van der Waals surface area contributed by atoms with Gasteiger partial charge in [-0.25, -0.2) is 0 Å². The highest BCUT2D eigenvalue weighted by atomic mass is 16.5. The minimum Gasteiger partial charge on any atom is -0.395 e. The molecule has 2 atom stereocenters. The molecule has 1 aliphatic rings. The van der Waals surface area contributed by atoms with Gasteiger partial charge in [-0.2, -0.15) is 0 Å². The Kier molecular flexibility index (Phi) is 4.10. The van der Waals surface area contributed by atoms with Crippen molar-refractivity contribution in [2.45, 2.75) is 18.8 Å². The number of benzene rings is 1. The first kappa shape index (κ1) is 11.3. The lowest BCUT2D eigenvalue weighted by molar-refractivity contribution is 0.0271. The molecule has 16 heavy (non-hydrogen) atoms. The normalized spacial score (nSPS) is 24.6. The molecule has 0 saturated heterocycles. The Bertz CT molecular complexity index is 337. The van der Waals surface area contributed by atoms with Crippen LogP contribution in [0.3, 0.4) is 0 Å². The lowest BCUT2D eigenvalue weighted by atomic mass is 10.1. The van der Waals surface area contributed by atoms with Crippen LogP contribution >= 0.6 is 0 Å². The minimum absolute atomic E-state index is 0.00807. The van der Waals surface area contributed by atoms with Crippen LogP contribution in [0.25, 0.3) is 0 Å². The summed E-state index contributed by atoms with van der Waals surface area (Å²) in [5, 5.41) is 12.4. The van der Waals surface area contributed by atoms with E-state index in [-0.39, 0.29) is 18.8 Å². The molecule has 0 aromatic heterocycles. The van der Waals surface area contributed by atoms with Gasteiger partial charge in [0.15, 0.2) is 0 Å². The zero-order valence-electron chi connectivity index (χ0n) is 9.17. The van der Waals surface area contributed by atoms with Crippen LogP contribution in [0.2, 0.25) is 0 Å². The number of aliphatic hydroxyl groups excluding tert-OH is 1. The third kappa shape index (κ3) is 2.92.